The van der Waals surface area contributed by atoms with Crippen LogP contribution in [0.5, 0.6) is 0 Å². The highest BCUT2D eigenvalue weighted by Crippen LogP contribution is 2.25. The van der Waals surface area contributed by atoms with E-state index in [4.69, 9.17) is 0 Å². The molecule has 96 valence electrons. The standard InChI is InChI=1S/C11H19N3O2S/c1-5-11(6-2,9(15)16)13-10-12-8(7(3)4)14-17-10/h7H,5-6H2,1-4H3,(H,15,16)(H,12,13,14). The first-order chi connectivity index (χ1) is 7.95. The number of carbonyl (C=O) groups is 1. The third-order valence-corrected chi connectivity index (χ3v) is 3.57. The van der Waals surface area contributed by atoms with Crippen molar-refractivity contribution in [3.05, 3.63) is 5.82 Å². The Morgan fingerprint density at radius 2 is 2.06 bits per heavy atom. The highest BCUT2D eigenvalue weighted by Gasteiger charge is 2.35. The van der Waals surface area contributed by atoms with Gasteiger partial charge in [-0.15, -0.1) is 0 Å². The van der Waals surface area contributed by atoms with Gasteiger partial charge in [0.15, 0.2) is 0 Å². The van der Waals surface area contributed by atoms with Crippen LogP contribution in [-0.2, 0) is 4.79 Å². The van der Waals surface area contributed by atoms with Gasteiger partial charge in [-0.3, -0.25) is 0 Å². The lowest BCUT2D eigenvalue weighted by atomic mass is 9.93. The fourth-order valence-corrected chi connectivity index (χ4v) is 2.31. The number of nitrogens with zero attached hydrogens (tertiary/aromatic N) is 2. The molecule has 0 spiro atoms. The Morgan fingerprint density at radius 1 is 1.47 bits per heavy atom. The number of rotatable bonds is 6. The first-order valence-corrected chi connectivity index (χ1v) is 6.57. The molecule has 1 rings (SSSR count). The van der Waals surface area contributed by atoms with Crippen LogP contribution in [0.4, 0.5) is 5.13 Å². The predicted molar refractivity (Wildman–Crippen MR) is 68.6 cm³/mol. The van der Waals surface area contributed by atoms with Gasteiger partial charge in [-0.1, -0.05) is 27.7 Å². The summed E-state index contributed by atoms with van der Waals surface area (Å²) < 4.78 is 4.20. The van der Waals surface area contributed by atoms with Gasteiger partial charge in [0.2, 0.25) is 5.13 Å². The lowest BCUT2D eigenvalue weighted by molar-refractivity contribution is -0.142. The van der Waals surface area contributed by atoms with E-state index in [2.05, 4.69) is 14.7 Å². The van der Waals surface area contributed by atoms with Crippen molar-refractivity contribution >= 4 is 22.6 Å². The summed E-state index contributed by atoms with van der Waals surface area (Å²) in [6.45, 7) is 7.73. The molecular formula is C11H19N3O2S. The number of aliphatic carboxylic acids is 1. The quantitative estimate of drug-likeness (QED) is 0.819. The summed E-state index contributed by atoms with van der Waals surface area (Å²) in [6, 6.07) is 0. The number of hydrogen-bond donors (Lipinski definition) is 2. The molecule has 0 aliphatic carbocycles. The van der Waals surface area contributed by atoms with E-state index >= 15 is 0 Å². The summed E-state index contributed by atoms with van der Waals surface area (Å²) in [5, 5.41) is 12.9. The minimum absolute atomic E-state index is 0.254. The van der Waals surface area contributed by atoms with Crippen molar-refractivity contribution in [2.24, 2.45) is 0 Å². The van der Waals surface area contributed by atoms with Crippen molar-refractivity contribution in [3.63, 3.8) is 0 Å². The molecule has 0 amide bonds. The van der Waals surface area contributed by atoms with E-state index < -0.39 is 11.5 Å². The highest BCUT2D eigenvalue weighted by atomic mass is 32.1. The van der Waals surface area contributed by atoms with Gasteiger partial charge in [0.1, 0.15) is 11.4 Å². The van der Waals surface area contributed by atoms with E-state index in [0.29, 0.717) is 18.0 Å². The maximum Gasteiger partial charge on any atom is 0.329 e. The lowest BCUT2D eigenvalue weighted by Crippen LogP contribution is -2.45. The van der Waals surface area contributed by atoms with Crippen LogP contribution < -0.4 is 5.32 Å². The fourth-order valence-electron chi connectivity index (χ4n) is 1.51. The van der Waals surface area contributed by atoms with Crippen LogP contribution in [0.1, 0.15) is 52.3 Å². The Balaban J connectivity index is 2.90. The second-order valence-electron chi connectivity index (χ2n) is 4.33. The number of hydrogen-bond acceptors (Lipinski definition) is 5. The van der Waals surface area contributed by atoms with Gasteiger partial charge in [0.25, 0.3) is 0 Å². The van der Waals surface area contributed by atoms with Crippen LogP contribution in [0.15, 0.2) is 0 Å². The average molecular weight is 257 g/mol. The molecule has 17 heavy (non-hydrogen) atoms. The van der Waals surface area contributed by atoms with Gasteiger partial charge in [-0.05, 0) is 12.8 Å². The van der Waals surface area contributed by atoms with Crippen molar-refractivity contribution in [1.82, 2.24) is 9.36 Å². The zero-order chi connectivity index (χ0) is 13.1. The lowest BCUT2D eigenvalue weighted by Gasteiger charge is -2.27. The third kappa shape index (κ3) is 2.94. The molecule has 1 aromatic heterocycles. The molecule has 0 bridgehead atoms. The molecule has 6 heteroatoms. The predicted octanol–water partition coefficient (Wildman–Crippen LogP) is 2.72. The third-order valence-electron chi connectivity index (χ3n) is 2.92. The number of aromatic nitrogens is 2. The zero-order valence-electron chi connectivity index (χ0n) is 10.6. The van der Waals surface area contributed by atoms with Gasteiger partial charge in [0.05, 0.1) is 0 Å². The molecule has 0 radical (unpaired) electrons. The van der Waals surface area contributed by atoms with Gasteiger partial charge in [0, 0.05) is 17.5 Å². The minimum Gasteiger partial charge on any atom is -0.480 e. The molecule has 0 unspecified atom stereocenters. The fraction of sp³-hybridized carbons (Fsp3) is 0.727. The van der Waals surface area contributed by atoms with Gasteiger partial charge >= 0.3 is 5.97 Å². The molecule has 0 aliphatic rings. The largest absolute Gasteiger partial charge is 0.480 e. The zero-order valence-corrected chi connectivity index (χ0v) is 11.5. The minimum atomic E-state index is -0.937. The van der Waals surface area contributed by atoms with Crippen molar-refractivity contribution in [1.29, 1.82) is 0 Å². The van der Waals surface area contributed by atoms with Gasteiger partial charge in [-0.25, -0.2) is 9.78 Å². The summed E-state index contributed by atoms with van der Waals surface area (Å²) in [5.74, 6) is 0.164. The summed E-state index contributed by atoms with van der Waals surface area (Å²) >= 11 is 1.22. The molecule has 0 aromatic carbocycles. The van der Waals surface area contributed by atoms with Crippen molar-refractivity contribution < 1.29 is 9.90 Å². The molecule has 1 aromatic rings. The van der Waals surface area contributed by atoms with E-state index in [-0.39, 0.29) is 5.92 Å². The molecule has 5 nitrogen and oxygen atoms in total. The number of carboxylic acids is 1. The van der Waals surface area contributed by atoms with Crippen LogP contribution in [-0.4, -0.2) is 26.0 Å². The van der Waals surface area contributed by atoms with E-state index in [9.17, 15) is 9.90 Å². The maximum atomic E-state index is 11.3. The van der Waals surface area contributed by atoms with Gasteiger partial charge in [-0.2, -0.15) is 4.37 Å². The Labute approximate surface area is 105 Å². The molecular weight excluding hydrogens is 238 g/mol. The van der Waals surface area contributed by atoms with Crippen molar-refractivity contribution in [2.45, 2.75) is 52.0 Å². The van der Waals surface area contributed by atoms with E-state index in [0.717, 1.165) is 5.82 Å². The van der Waals surface area contributed by atoms with Crippen LogP contribution in [0.25, 0.3) is 0 Å². The molecule has 0 fully saturated rings. The Bertz CT molecular complexity index is 386. The Morgan fingerprint density at radius 3 is 2.41 bits per heavy atom. The van der Waals surface area contributed by atoms with Crippen LogP contribution in [0.3, 0.4) is 0 Å². The SMILES string of the molecule is CCC(CC)(Nc1nc(C(C)C)ns1)C(=O)O. The summed E-state index contributed by atoms with van der Waals surface area (Å²) in [6.07, 6.45) is 1.02. The van der Waals surface area contributed by atoms with Gasteiger partial charge < -0.3 is 10.4 Å². The maximum absolute atomic E-state index is 11.3. The monoisotopic (exact) mass is 257 g/mol. The second-order valence-corrected chi connectivity index (χ2v) is 5.08. The number of anilines is 1. The normalized spacial score (nSPS) is 11.8. The van der Waals surface area contributed by atoms with E-state index in [1.807, 2.05) is 27.7 Å². The average Bonchev–Trinajstić information content (AvgIpc) is 2.74. The number of nitrogens with one attached hydrogen (secondary N) is 1. The van der Waals surface area contributed by atoms with Crippen LogP contribution >= 0.6 is 11.5 Å². The van der Waals surface area contributed by atoms with Crippen LogP contribution in [0, 0.1) is 0 Å². The van der Waals surface area contributed by atoms with Crippen molar-refractivity contribution in [2.75, 3.05) is 5.32 Å². The first-order valence-electron chi connectivity index (χ1n) is 5.80. The topological polar surface area (TPSA) is 75.1 Å². The molecule has 0 aliphatic heterocycles. The summed E-state index contributed by atoms with van der Waals surface area (Å²) in [7, 11) is 0. The highest BCUT2D eigenvalue weighted by molar-refractivity contribution is 7.09. The summed E-state index contributed by atoms with van der Waals surface area (Å²) in [4.78, 5) is 15.6. The molecule has 1 heterocycles. The Hall–Kier alpha value is -1.17. The van der Waals surface area contributed by atoms with E-state index in [1.165, 1.54) is 11.5 Å². The molecule has 0 saturated heterocycles. The number of carboxylic acid groups (broad SMARTS) is 1. The smallest absolute Gasteiger partial charge is 0.329 e. The summed E-state index contributed by atoms with van der Waals surface area (Å²) in [5.41, 5.74) is -0.937. The molecule has 0 saturated carbocycles. The Kier molecular flexibility index (Phi) is 4.45. The second kappa shape index (κ2) is 5.44. The van der Waals surface area contributed by atoms with E-state index in [1.54, 1.807) is 0 Å². The first kappa shape index (κ1) is 13.9. The van der Waals surface area contributed by atoms with Crippen molar-refractivity contribution in [3.8, 4) is 0 Å². The molecule has 2 N–H and O–H groups in total. The molecule has 0 atom stereocenters. The van der Waals surface area contributed by atoms with Crippen LogP contribution in [0.2, 0.25) is 0 Å².